The van der Waals surface area contributed by atoms with Gasteiger partial charge >= 0.3 is 0 Å². The fraction of sp³-hybridized carbons (Fsp3) is 0. The van der Waals surface area contributed by atoms with Gasteiger partial charge in [0.2, 0.25) is 0 Å². The smallest absolute Gasteiger partial charge is 0.188 e. The van der Waals surface area contributed by atoms with Crippen molar-refractivity contribution < 1.29 is 0 Å². The van der Waals surface area contributed by atoms with E-state index in [0.29, 0.717) is 17.1 Å². The van der Waals surface area contributed by atoms with E-state index >= 15 is 0 Å². The van der Waals surface area contributed by atoms with Crippen LogP contribution in [-0.2, 0) is 0 Å². The fourth-order valence-electron chi connectivity index (χ4n) is 8.51. The lowest BCUT2D eigenvalue weighted by Gasteiger charge is -2.12. The van der Waals surface area contributed by atoms with E-state index in [1.807, 2.05) is 84.9 Å². The van der Waals surface area contributed by atoms with Gasteiger partial charge in [0.1, 0.15) is 0 Å². The molecule has 3 heterocycles. The maximum absolute atomic E-state index is 9.70. The molecular formula is C54H32N6. The zero-order valence-electron chi connectivity index (χ0n) is 32.2. The Bertz CT molecular complexity index is 3400. The van der Waals surface area contributed by atoms with Crippen LogP contribution < -0.4 is 0 Å². The van der Waals surface area contributed by atoms with Gasteiger partial charge in [-0.3, -0.25) is 0 Å². The Morgan fingerprint density at radius 2 is 0.917 bits per heavy atom. The summed E-state index contributed by atoms with van der Waals surface area (Å²) >= 11 is 0. The van der Waals surface area contributed by atoms with Crippen molar-refractivity contribution in [3.8, 4) is 62.5 Å². The van der Waals surface area contributed by atoms with Gasteiger partial charge in [-0.05, 0) is 89.3 Å². The van der Waals surface area contributed by atoms with E-state index in [1.54, 1.807) is 0 Å². The van der Waals surface area contributed by atoms with E-state index in [1.165, 1.54) is 0 Å². The zero-order chi connectivity index (χ0) is 40.2. The number of nitriles is 1. The summed E-state index contributed by atoms with van der Waals surface area (Å²) in [6.45, 7) is 7.63. The standard InChI is InChI=1S/C54H32N6/c1-56-41-23-28-52-46(31-41)45-30-35(34-55)16-27-51(45)60(52)43-26-29-53-47(32-43)44-14-8-9-15-50(44)59(53)42-24-21-37(22-25-42)36-17-19-39(20-18-36)49-33-48(38-10-4-2-5-11-38)57-54(58-49)40-12-6-3-7-13-40/h2-33H. The number of hydrogen-bond acceptors (Lipinski definition) is 3. The van der Waals surface area contributed by atoms with Crippen molar-refractivity contribution >= 4 is 49.3 Å². The van der Waals surface area contributed by atoms with E-state index in [-0.39, 0.29) is 0 Å². The van der Waals surface area contributed by atoms with Crippen LogP contribution in [0.3, 0.4) is 0 Å². The SMILES string of the molecule is [C-]#[N+]c1ccc2c(c1)c1cc(C#N)ccc1n2-c1ccc2c(c1)c1ccccc1n2-c1ccc(-c2ccc(-c3cc(-c4ccccc4)nc(-c4ccccc4)n3)cc2)cc1. The van der Waals surface area contributed by atoms with E-state index in [2.05, 4.69) is 129 Å². The third kappa shape index (κ3) is 5.79. The molecule has 0 N–H and O–H groups in total. The van der Waals surface area contributed by atoms with Gasteiger partial charge in [-0.25, -0.2) is 14.8 Å². The minimum absolute atomic E-state index is 0.572. The number of para-hydroxylation sites is 1. The molecule has 3 aromatic heterocycles. The quantitative estimate of drug-likeness (QED) is 0.158. The highest BCUT2D eigenvalue weighted by molar-refractivity contribution is 6.13. The molecule has 0 aliphatic carbocycles. The second kappa shape index (κ2) is 14.1. The first kappa shape index (κ1) is 34.7. The van der Waals surface area contributed by atoms with E-state index in [9.17, 15) is 5.26 Å². The number of rotatable bonds is 6. The predicted molar refractivity (Wildman–Crippen MR) is 243 cm³/mol. The molecule has 60 heavy (non-hydrogen) atoms. The molecule has 0 bridgehead atoms. The molecule has 278 valence electrons. The molecule has 0 amide bonds. The molecule has 0 saturated heterocycles. The number of aromatic nitrogens is 4. The van der Waals surface area contributed by atoms with E-state index in [4.69, 9.17) is 16.5 Å². The summed E-state index contributed by atoms with van der Waals surface area (Å²) < 4.78 is 4.57. The maximum Gasteiger partial charge on any atom is 0.188 e. The summed E-state index contributed by atoms with van der Waals surface area (Å²) in [7, 11) is 0. The highest BCUT2D eigenvalue weighted by atomic mass is 15.0. The first-order chi connectivity index (χ1) is 29.6. The van der Waals surface area contributed by atoms with Crippen molar-refractivity contribution in [2.75, 3.05) is 0 Å². The van der Waals surface area contributed by atoms with Gasteiger partial charge in [0.15, 0.2) is 11.5 Å². The van der Waals surface area contributed by atoms with Crippen molar-refractivity contribution in [1.29, 1.82) is 5.26 Å². The van der Waals surface area contributed by atoms with Crippen LogP contribution in [-0.4, -0.2) is 19.1 Å². The fourth-order valence-corrected chi connectivity index (χ4v) is 8.51. The zero-order valence-corrected chi connectivity index (χ0v) is 32.2. The molecule has 11 aromatic rings. The molecule has 6 nitrogen and oxygen atoms in total. The van der Waals surface area contributed by atoms with E-state index < -0.39 is 0 Å². The molecule has 0 radical (unpaired) electrons. The molecule has 0 fully saturated rings. The van der Waals surface area contributed by atoms with Crippen molar-refractivity contribution in [1.82, 2.24) is 19.1 Å². The summed E-state index contributed by atoms with van der Waals surface area (Å²) in [5, 5.41) is 13.9. The van der Waals surface area contributed by atoms with Crippen LogP contribution in [0.4, 0.5) is 5.69 Å². The van der Waals surface area contributed by atoms with Gasteiger partial charge in [0.05, 0.1) is 51.7 Å². The lowest BCUT2D eigenvalue weighted by Crippen LogP contribution is -1.96. The van der Waals surface area contributed by atoms with Crippen LogP contribution in [0.5, 0.6) is 0 Å². The summed E-state index contributed by atoms with van der Waals surface area (Å²) in [6, 6.07) is 68.9. The van der Waals surface area contributed by atoms with Gasteiger partial charge in [0.25, 0.3) is 0 Å². The minimum Gasteiger partial charge on any atom is -0.309 e. The lowest BCUT2D eigenvalue weighted by molar-refractivity contribution is 1.17. The Hall–Kier alpha value is -8.58. The van der Waals surface area contributed by atoms with Crippen molar-refractivity contribution in [2.45, 2.75) is 0 Å². The molecule has 0 saturated carbocycles. The summed E-state index contributed by atoms with van der Waals surface area (Å²) in [6.07, 6.45) is 0. The van der Waals surface area contributed by atoms with Gasteiger partial charge in [-0.2, -0.15) is 5.26 Å². The van der Waals surface area contributed by atoms with Gasteiger partial charge in [0, 0.05) is 44.2 Å². The van der Waals surface area contributed by atoms with Crippen molar-refractivity contribution in [2.24, 2.45) is 0 Å². The molecule has 0 aliphatic heterocycles. The Labute approximate surface area is 346 Å². The maximum atomic E-state index is 9.70. The first-order valence-corrected chi connectivity index (χ1v) is 19.7. The normalized spacial score (nSPS) is 11.3. The van der Waals surface area contributed by atoms with Crippen molar-refractivity contribution in [3.63, 3.8) is 0 Å². The first-order valence-electron chi connectivity index (χ1n) is 19.7. The number of nitrogens with zero attached hydrogens (tertiary/aromatic N) is 6. The van der Waals surface area contributed by atoms with Crippen LogP contribution in [0.25, 0.3) is 105 Å². The summed E-state index contributed by atoms with van der Waals surface area (Å²) in [5.41, 5.74) is 14.5. The molecule has 11 rings (SSSR count). The largest absolute Gasteiger partial charge is 0.309 e. The molecular weight excluding hydrogens is 733 g/mol. The third-order valence-corrected chi connectivity index (χ3v) is 11.4. The van der Waals surface area contributed by atoms with Crippen LogP contribution >= 0.6 is 0 Å². The number of benzene rings is 8. The van der Waals surface area contributed by atoms with Crippen LogP contribution in [0.2, 0.25) is 0 Å². The van der Waals surface area contributed by atoms with E-state index in [0.717, 1.165) is 94.2 Å². The molecule has 0 atom stereocenters. The predicted octanol–water partition coefficient (Wildman–Crippen LogP) is 13.8. The summed E-state index contributed by atoms with van der Waals surface area (Å²) in [4.78, 5) is 13.7. The van der Waals surface area contributed by atoms with Crippen LogP contribution in [0, 0.1) is 17.9 Å². The average Bonchev–Trinajstić information content (AvgIpc) is 3.83. The molecule has 0 aliphatic rings. The Balaban J connectivity index is 0.958. The Morgan fingerprint density at radius 1 is 0.417 bits per heavy atom. The number of hydrogen-bond donors (Lipinski definition) is 0. The molecule has 0 spiro atoms. The lowest BCUT2D eigenvalue weighted by atomic mass is 10.0. The third-order valence-electron chi connectivity index (χ3n) is 11.4. The Kier molecular flexibility index (Phi) is 8.15. The van der Waals surface area contributed by atoms with Gasteiger partial charge in [-0.1, -0.05) is 121 Å². The van der Waals surface area contributed by atoms with Crippen LogP contribution in [0.1, 0.15) is 5.56 Å². The van der Waals surface area contributed by atoms with Gasteiger partial charge < -0.3 is 9.13 Å². The highest BCUT2D eigenvalue weighted by Crippen LogP contribution is 2.39. The van der Waals surface area contributed by atoms with Crippen molar-refractivity contribution in [3.05, 3.63) is 211 Å². The topological polar surface area (TPSA) is 63.8 Å². The second-order valence-electron chi connectivity index (χ2n) is 14.9. The molecule has 8 aromatic carbocycles. The van der Waals surface area contributed by atoms with Gasteiger partial charge in [-0.15, -0.1) is 0 Å². The monoisotopic (exact) mass is 764 g/mol. The molecule has 6 heteroatoms. The average molecular weight is 765 g/mol. The Morgan fingerprint density at radius 3 is 1.60 bits per heavy atom. The molecule has 0 unspecified atom stereocenters. The minimum atomic E-state index is 0.572. The summed E-state index contributed by atoms with van der Waals surface area (Å²) in [5.74, 6) is 0.700. The number of fused-ring (bicyclic) bond motifs is 6. The van der Waals surface area contributed by atoms with Crippen LogP contribution in [0.15, 0.2) is 194 Å². The highest BCUT2D eigenvalue weighted by Gasteiger charge is 2.18. The second-order valence-corrected chi connectivity index (χ2v) is 14.9.